The molecule has 0 heterocycles. The first-order valence-electron chi connectivity index (χ1n) is 9.55. The van der Waals surface area contributed by atoms with Gasteiger partial charge < -0.3 is 25.4 Å². The topological polar surface area (TPSA) is 82.0 Å². The fourth-order valence-electron chi connectivity index (χ4n) is 3.01. The summed E-state index contributed by atoms with van der Waals surface area (Å²) in [5.41, 5.74) is 2.87. The lowest BCUT2D eigenvalue weighted by Crippen LogP contribution is -2.34. The lowest BCUT2D eigenvalue weighted by molar-refractivity contribution is 0.135. The highest BCUT2D eigenvalue weighted by atomic mass is 16.5. The highest BCUT2D eigenvalue weighted by Crippen LogP contribution is 2.24. The van der Waals surface area contributed by atoms with E-state index in [0.29, 0.717) is 6.61 Å². The third-order valence-corrected chi connectivity index (χ3v) is 4.65. The van der Waals surface area contributed by atoms with Crippen LogP contribution in [0.2, 0.25) is 0 Å². The van der Waals surface area contributed by atoms with Crippen LogP contribution in [-0.2, 0) is 6.42 Å². The van der Waals surface area contributed by atoms with Crippen LogP contribution in [0.3, 0.4) is 0 Å². The van der Waals surface area contributed by atoms with Crippen molar-refractivity contribution < 1.29 is 20.1 Å². The van der Waals surface area contributed by atoms with Crippen molar-refractivity contribution in [3.05, 3.63) is 59.2 Å². The van der Waals surface area contributed by atoms with Crippen molar-refractivity contribution in [3.63, 3.8) is 0 Å². The molecule has 0 amide bonds. The molecule has 0 saturated heterocycles. The molecule has 0 radical (unpaired) electrons. The Labute approximate surface area is 161 Å². The van der Waals surface area contributed by atoms with Crippen LogP contribution in [-0.4, -0.2) is 41.1 Å². The third kappa shape index (κ3) is 6.86. The van der Waals surface area contributed by atoms with Crippen molar-refractivity contribution >= 4 is 0 Å². The number of aliphatic hydroxyl groups excluding tert-OH is 2. The SMILES string of the molecule is Cc1cc(O)ccc1[C@@H](O)[C@H](C)NCCc1cccc(OCCCCO)c1. The highest BCUT2D eigenvalue weighted by Gasteiger charge is 2.17. The van der Waals surface area contributed by atoms with E-state index in [0.717, 1.165) is 42.7 Å². The second-order valence-corrected chi connectivity index (χ2v) is 6.91. The predicted molar refractivity (Wildman–Crippen MR) is 107 cm³/mol. The average Bonchev–Trinajstić information content (AvgIpc) is 2.65. The van der Waals surface area contributed by atoms with Gasteiger partial charge in [0, 0.05) is 12.6 Å². The minimum Gasteiger partial charge on any atom is -0.508 e. The number of phenolic OH excluding ortho intramolecular Hbond substituents is 1. The zero-order valence-electron chi connectivity index (χ0n) is 16.2. The number of hydrogen-bond acceptors (Lipinski definition) is 5. The standard InChI is InChI=1S/C22H31NO4/c1-16-14-19(25)8-9-21(16)22(26)17(2)23-11-10-18-6-5-7-20(15-18)27-13-4-3-12-24/h5-9,14-15,17,22-26H,3-4,10-13H2,1-2H3/t17-,22-/m0/s1. The van der Waals surface area contributed by atoms with Crippen molar-refractivity contribution in [1.29, 1.82) is 0 Å². The number of benzene rings is 2. The molecule has 0 aliphatic rings. The van der Waals surface area contributed by atoms with Crippen LogP contribution in [0, 0.1) is 6.92 Å². The van der Waals surface area contributed by atoms with E-state index in [1.807, 2.05) is 32.0 Å². The minimum absolute atomic E-state index is 0.105. The van der Waals surface area contributed by atoms with Gasteiger partial charge in [-0.3, -0.25) is 0 Å². The second kappa shape index (κ2) is 10.9. The number of ether oxygens (including phenoxy) is 1. The van der Waals surface area contributed by atoms with E-state index >= 15 is 0 Å². The summed E-state index contributed by atoms with van der Waals surface area (Å²) in [7, 11) is 0. The lowest BCUT2D eigenvalue weighted by Gasteiger charge is -2.22. The molecular weight excluding hydrogens is 342 g/mol. The van der Waals surface area contributed by atoms with Gasteiger partial charge in [0.05, 0.1) is 12.7 Å². The van der Waals surface area contributed by atoms with E-state index in [1.165, 1.54) is 5.56 Å². The summed E-state index contributed by atoms with van der Waals surface area (Å²) in [6, 6.07) is 12.9. The molecule has 2 atom stereocenters. The Hall–Kier alpha value is -2.08. The zero-order valence-corrected chi connectivity index (χ0v) is 16.2. The molecule has 148 valence electrons. The van der Waals surface area contributed by atoms with Crippen molar-refractivity contribution in [2.24, 2.45) is 0 Å². The van der Waals surface area contributed by atoms with Crippen LogP contribution >= 0.6 is 0 Å². The van der Waals surface area contributed by atoms with Crippen LogP contribution < -0.4 is 10.1 Å². The van der Waals surface area contributed by atoms with E-state index in [1.54, 1.807) is 18.2 Å². The number of aromatic hydroxyl groups is 1. The van der Waals surface area contributed by atoms with E-state index in [2.05, 4.69) is 11.4 Å². The average molecular weight is 373 g/mol. The monoisotopic (exact) mass is 373 g/mol. The highest BCUT2D eigenvalue weighted by molar-refractivity contribution is 5.35. The van der Waals surface area contributed by atoms with Crippen molar-refractivity contribution in [2.75, 3.05) is 19.8 Å². The van der Waals surface area contributed by atoms with E-state index in [4.69, 9.17) is 9.84 Å². The van der Waals surface area contributed by atoms with Gasteiger partial charge in [-0.25, -0.2) is 0 Å². The molecule has 0 spiro atoms. The molecule has 0 aliphatic heterocycles. The molecular formula is C22H31NO4. The molecule has 27 heavy (non-hydrogen) atoms. The van der Waals surface area contributed by atoms with Crippen LogP contribution in [0.1, 0.15) is 42.6 Å². The van der Waals surface area contributed by atoms with Gasteiger partial charge in [0.25, 0.3) is 0 Å². The molecule has 0 fully saturated rings. The summed E-state index contributed by atoms with van der Waals surface area (Å²) < 4.78 is 5.70. The van der Waals surface area contributed by atoms with Gasteiger partial charge in [-0.2, -0.15) is 0 Å². The summed E-state index contributed by atoms with van der Waals surface area (Å²) in [6.45, 7) is 5.39. The lowest BCUT2D eigenvalue weighted by atomic mass is 9.98. The Morgan fingerprint density at radius 1 is 1.11 bits per heavy atom. The molecule has 2 aromatic carbocycles. The molecule has 2 aromatic rings. The third-order valence-electron chi connectivity index (χ3n) is 4.65. The second-order valence-electron chi connectivity index (χ2n) is 6.91. The van der Waals surface area contributed by atoms with Crippen molar-refractivity contribution in [1.82, 2.24) is 5.32 Å². The van der Waals surface area contributed by atoms with E-state index < -0.39 is 6.10 Å². The van der Waals surface area contributed by atoms with E-state index in [-0.39, 0.29) is 18.4 Å². The molecule has 2 rings (SSSR count). The van der Waals surface area contributed by atoms with Gasteiger partial charge in [0.15, 0.2) is 0 Å². The summed E-state index contributed by atoms with van der Waals surface area (Å²) in [5, 5.41) is 32.2. The summed E-state index contributed by atoms with van der Waals surface area (Å²) in [4.78, 5) is 0. The first-order valence-corrected chi connectivity index (χ1v) is 9.55. The fraction of sp³-hybridized carbons (Fsp3) is 0.455. The maximum Gasteiger partial charge on any atom is 0.119 e. The molecule has 0 unspecified atom stereocenters. The Morgan fingerprint density at radius 3 is 2.67 bits per heavy atom. The quantitative estimate of drug-likeness (QED) is 0.455. The number of aliphatic hydroxyl groups is 2. The summed E-state index contributed by atoms with van der Waals surface area (Å²) in [5.74, 6) is 1.06. The Morgan fingerprint density at radius 2 is 1.93 bits per heavy atom. The van der Waals surface area contributed by atoms with Gasteiger partial charge in [-0.05, 0) is 80.6 Å². The molecule has 5 heteroatoms. The van der Waals surface area contributed by atoms with E-state index in [9.17, 15) is 10.2 Å². The predicted octanol–water partition coefficient (Wildman–Crippen LogP) is 3.11. The normalized spacial score (nSPS) is 13.3. The van der Waals surface area contributed by atoms with Crippen LogP contribution in [0.5, 0.6) is 11.5 Å². The molecule has 5 nitrogen and oxygen atoms in total. The Bertz CT molecular complexity index is 704. The number of phenols is 1. The minimum atomic E-state index is -0.633. The number of aryl methyl sites for hydroxylation is 1. The molecule has 0 aromatic heterocycles. The Balaban J connectivity index is 1.81. The van der Waals surface area contributed by atoms with Crippen molar-refractivity contribution in [3.8, 4) is 11.5 Å². The van der Waals surface area contributed by atoms with Gasteiger partial charge in [-0.1, -0.05) is 18.2 Å². The van der Waals surface area contributed by atoms with Crippen LogP contribution in [0.25, 0.3) is 0 Å². The smallest absolute Gasteiger partial charge is 0.119 e. The van der Waals surface area contributed by atoms with Crippen LogP contribution in [0.4, 0.5) is 0 Å². The molecule has 4 N–H and O–H groups in total. The largest absolute Gasteiger partial charge is 0.508 e. The number of nitrogens with one attached hydrogen (secondary N) is 1. The molecule has 0 bridgehead atoms. The zero-order chi connectivity index (χ0) is 19.6. The van der Waals surface area contributed by atoms with Gasteiger partial charge in [0.2, 0.25) is 0 Å². The Kier molecular flexibility index (Phi) is 8.58. The van der Waals surface area contributed by atoms with Gasteiger partial charge in [0.1, 0.15) is 11.5 Å². The van der Waals surface area contributed by atoms with Crippen molar-refractivity contribution in [2.45, 2.75) is 45.3 Å². The fourth-order valence-corrected chi connectivity index (χ4v) is 3.01. The summed E-state index contributed by atoms with van der Waals surface area (Å²) >= 11 is 0. The van der Waals surface area contributed by atoms with Gasteiger partial charge in [-0.15, -0.1) is 0 Å². The van der Waals surface area contributed by atoms with Crippen LogP contribution in [0.15, 0.2) is 42.5 Å². The van der Waals surface area contributed by atoms with Gasteiger partial charge >= 0.3 is 0 Å². The number of hydrogen-bond donors (Lipinski definition) is 4. The first kappa shape index (κ1) is 21.2. The number of rotatable bonds is 11. The first-order chi connectivity index (χ1) is 13.0. The maximum atomic E-state index is 10.6. The number of unbranched alkanes of at least 4 members (excludes halogenated alkanes) is 1. The maximum absolute atomic E-state index is 10.6. The molecule has 0 aliphatic carbocycles. The molecule has 0 saturated carbocycles. The summed E-state index contributed by atoms with van der Waals surface area (Å²) in [6.07, 6.45) is 1.80.